The Morgan fingerprint density at radius 3 is 2.39 bits per heavy atom. The third kappa shape index (κ3) is 4.07. The van der Waals surface area contributed by atoms with Crippen molar-refractivity contribution in [3.63, 3.8) is 0 Å². The Kier molecular flexibility index (Phi) is 6.03. The number of hydrogen-bond acceptors (Lipinski definition) is 4. The van der Waals surface area contributed by atoms with E-state index in [-0.39, 0.29) is 29.5 Å². The molecule has 2 heterocycles. The van der Waals surface area contributed by atoms with Crippen LogP contribution in [-0.2, 0) is 19.8 Å². The Balaban J connectivity index is 1.52. The summed E-state index contributed by atoms with van der Waals surface area (Å²) >= 11 is 3.69. The van der Waals surface area contributed by atoms with Crippen molar-refractivity contribution in [2.75, 3.05) is 29.5 Å². The van der Waals surface area contributed by atoms with Crippen LogP contribution in [0.2, 0.25) is 5.02 Å². The molecule has 2 aromatic rings. The summed E-state index contributed by atoms with van der Waals surface area (Å²) in [7, 11) is -4.17. The van der Waals surface area contributed by atoms with Crippen LogP contribution in [0.1, 0.15) is 9.49 Å². The summed E-state index contributed by atoms with van der Waals surface area (Å²) in [6, 6.07) is 15.8. The fourth-order valence-electron chi connectivity index (χ4n) is 3.78. The zero-order valence-corrected chi connectivity index (χ0v) is 20.3. The van der Waals surface area contributed by atoms with Gasteiger partial charge in [0.25, 0.3) is 0 Å². The quantitative estimate of drug-likeness (QED) is 0.312. The predicted molar refractivity (Wildman–Crippen MR) is 127 cm³/mol. The maximum atomic E-state index is 13.1. The average molecular weight is 578 g/mol. The van der Waals surface area contributed by atoms with Crippen molar-refractivity contribution in [2.45, 2.75) is 7.47 Å². The van der Waals surface area contributed by atoms with Gasteiger partial charge in [-0.1, -0.05) is 0 Å². The first kappa shape index (κ1) is 22.5. The summed E-state index contributed by atoms with van der Waals surface area (Å²) in [5, 5.41) is 10.5. The number of aliphatic carboxylic acids is 1. The molecule has 2 fully saturated rings. The van der Waals surface area contributed by atoms with Crippen molar-refractivity contribution >= 4 is 59.2 Å². The van der Waals surface area contributed by atoms with Gasteiger partial charge in [0.2, 0.25) is 0 Å². The van der Waals surface area contributed by atoms with Gasteiger partial charge < -0.3 is 0 Å². The average Bonchev–Trinajstić information content (AvgIpc) is 3.33. The molecule has 2 atom stereocenters. The molecule has 2 aromatic carbocycles. The zero-order chi connectivity index (χ0) is 22.4. The molecule has 1 amide bonds. The van der Waals surface area contributed by atoms with Gasteiger partial charge in [0.15, 0.2) is 0 Å². The van der Waals surface area contributed by atoms with Gasteiger partial charge >= 0.3 is 193 Å². The number of halogens is 2. The van der Waals surface area contributed by atoms with E-state index >= 15 is 0 Å². The molecule has 11 heteroatoms. The topological polar surface area (TPSA) is 107 Å². The van der Waals surface area contributed by atoms with Crippen LogP contribution in [0.4, 0.5) is 5.69 Å². The number of carboxylic acid groups (broad SMARTS) is 1. The Bertz CT molecular complexity index is 1120. The third-order valence-electron chi connectivity index (χ3n) is 5.44. The van der Waals surface area contributed by atoms with E-state index in [1.807, 2.05) is 35.3 Å². The van der Waals surface area contributed by atoms with Gasteiger partial charge in [-0.15, -0.1) is 0 Å². The Morgan fingerprint density at radius 1 is 1.16 bits per heavy atom. The van der Waals surface area contributed by atoms with Crippen molar-refractivity contribution in [2.24, 2.45) is 0 Å². The molecule has 2 aliphatic rings. The number of benzene rings is 2. The summed E-state index contributed by atoms with van der Waals surface area (Å²) < 4.78 is 27.9. The van der Waals surface area contributed by atoms with E-state index in [1.54, 1.807) is 24.3 Å². The van der Waals surface area contributed by atoms with Crippen molar-refractivity contribution in [1.82, 2.24) is 9.03 Å². The van der Waals surface area contributed by atoms with Crippen LogP contribution in [0.25, 0.3) is 0 Å². The van der Waals surface area contributed by atoms with Crippen molar-refractivity contribution < 1.29 is 23.1 Å². The van der Waals surface area contributed by atoms with E-state index in [4.69, 9.17) is 11.6 Å². The van der Waals surface area contributed by atoms with Gasteiger partial charge in [0, 0.05) is 0 Å². The number of carbonyl (C=O) groups excluding carboxylic acids is 1. The van der Waals surface area contributed by atoms with Crippen LogP contribution in [0, 0.1) is 0 Å². The molecular formula is C20H21ClIN3O5S. The first-order valence-electron chi connectivity index (χ1n) is 9.38. The molecule has 4 rings (SSSR count). The van der Waals surface area contributed by atoms with E-state index in [9.17, 15) is 23.1 Å². The molecule has 0 saturated carbocycles. The van der Waals surface area contributed by atoms with Crippen LogP contribution in [0.3, 0.4) is 0 Å². The number of anilines is 1. The summed E-state index contributed by atoms with van der Waals surface area (Å²) in [5.74, 6) is -1.55. The molecule has 0 unspecified atom stereocenters. The van der Waals surface area contributed by atoms with E-state index in [0.29, 0.717) is 10.7 Å². The van der Waals surface area contributed by atoms with Crippen LogP contribution < -0.4 is 9.62 Å². The summed E-state index contributed by atoms with van der Waals surface area (Å²) in [6.45, 7) is -0.132. The number of rotatable bonds is 6. The van der Waals surface area contributed by atoms with Crippen LogP contribution >= 0.6 is 31.4 Å². The maximum absolute atomic E-state index is 13.1. The molecule has 0 spiro atoms. The summed E-state index contributed by atoms with van der Waals surface area (Å²) in [4.78, 5) is 28.2. The molecule has 0 bridgehead atoms. The van der Waals surface area contributed by atoms with E-state index in [1.165, 1.54) is 4.90 Å². The molecule has 166 valence electrons. The number of carboxylic acids is 1. The van der Waals surface area contributed by atoms with Crippen LogP contribution in [0.5, 0.6) is 0 Å². The van der Waals surface area contributed by atoms with Crippen molar-refractivity contribution in [3.05, 3.63) is 65.2 Å². The van der Waals surface area contributed by atoms with Crippen LogP contribution in [0.15, 0.2) is 54.6 Å². The normalized spacial score (nSPS) is 25.5. The van der Waals surface area contributed by atoms with Crippen molar-refractivity contribution in [1.29, 1.82) is 0 Å². The third-order valence-corrected chi connectivity index (χ3v) is 14.5. The van der Waals surface area contributed by atoms with Gasteiger partial charge in [-0.2, -0.15) is 0 Å². The van der Waals surface area contributed by atoms with Gasteiger partial charge in [0.05, 0.1) is 0 Å². The van der Waals surface area contributed by atoms with Crippen LogP contribution in [-0.4, -0.2) is 57.8 Å². The zero-order valence-electron chi connectivity index (χ0n) is 16.5. The fraction of sp³-hybridized carbons (Fsp3) is 0.300. The fourth-order valence-corrected chi connectivity index (χ4v) is 14.0. The SMILES string of the molecule is CI1[C@H](c2ccccc2)[C@]1(NS(=O)(=O)N1CCN(c2ccc(Cl)cc2)C(=O)C1)C(=O)O. The number of alkyl halides is 3. The minimum absolute atomic E-state index is 0.0628. The number of hydrogen-bond donors (Lipinski definition) is 2. The Labute approximate surface area is 192 Å². The molecule has 8 nitrogen and oxygen atoms in total. The minimum atomic E-state index is -4.17. The monoisotopic (exact) mass is 577 g/mol. The first-order chi connectivity index (χ1) is 14.7. The van der Waals surface area contributed by atoms with E-state index in [2.05, 4.69) is 4.72 Å². The van der Waals surface area contributed by atoms with Gasteiger partial charge in [0.1, 0.15) is 0 Å². The molecule has 0 radical (unpaired) electrons. The number of piperazine rings is 1. The Hall–Kier alpha value is -1.73. The second-order valence-corrected chi connectivity index (χ2v) is 15.3. The van der Waals surface area contributed by atoms with Gasteiger partial charge in [-0.25, -0.2) is 0 Å². The molecule has 0 aliphatic carbocycles. The van der Waals surface area contributed by atoms with Crippen molar-refractivity contribution in [3.8, 4) is 0 Å². The Morgan fingerprint density at radius 2 is 1.81 bits per heavy atom. The summed E-state index contributed by atoms with van der Waals surface area (Å²) in [5.41, 5.74) is 1.46. The molecule has 2 N–H and O–H groups in total. The molecule has 0 aromatic heterocycles. The summed E-state index contributed by atoms with van der Waals surface area (Å²) in [6.07, 6.45) is 0. The van der Waals surface area contributed by atoms with E-state index in [0.717, 1.165) is 9.87 Å². The van der Waals surface area contributed by atoms with Gasteiger partial charge in [-0.3, -0.25) is 0 Å². The number of carbonyl (C=O) groups is 2. The van der Waals surface area contributed by atoms with Gasteiger partial charge in [-0.05, 0) is 0 Å². The molecular weight excluding hydrogens is 557 g/mol. The second-order valence-electron chi connectivity index (χ2n) is 7.27. The molecule has 2 saturated heterocycles. The molecule has 2 aliphatic heterocycles. The number of nitrogens with zero attached hydrogens (tertiary/aromatic N) is 2. The van der Waals surface area contributed by atoms with E-state index < -0.39 is 39.5 Å². The predicted octanol–water partition coefficient (Wildman–Crippen LogP) is 2.49. The second kappa shape index (κ2) is 8.32. The first-order valence-corrected chi connectivity index (χ1v) is 15.7. The molecule has 31 heavy (non-hydrogen) atoms. The number of amides is 1. The standard InChI is InChI=1S/C20H21ClIN3O5S/c1-22-18(14-5-3-2-4-6-14)20(22,19(27)28)23-31(29,30)24-11-12-25(17(26)13-24)16-9-7-15(21)8-10-16/h2-10,18,23H,11-13H2,1H3,(H,27,28)/t18-,20+/m1/s1. The number of nitrogens with one attached hydrogen (secondary N) is 1.